The molecule has 0 bridgehead atoms. The summed E-state index contributed by atoms with van der Waals surface area (Å²) < 4.78 is 0. The van der Waals surface area contributed by atoms with Crippen LogP contribution in [-0.4, -0.2) is 15.8 Å². The number of hydrogen-bond acceptors (Lipinski definition) is 5. The van der Waals surface area contributed by atoms with Crippen molar-refractivity contribution >= 4 is 23.0 Å². The smallest absolute Gasteiger partial charge is 0.292 e. The van der Waals surface area contributed by atoms with Crippen molar-refractivity contribution in [2.45, 2.75) is 6.92 Å². The molecule has 2 aromatic rings. The van der Waals surface area contributed by atoms with Gasteiger partial charge in [-0.2, -0.15) is 0 Å². The molecule has 2 rings (SSSR count). The number of para-hydroxylation sites is 1. The van der Waals surface area contributed by atoms with Crippen LogP contribution in [0.1, 0.15) is 15.9 Å². The van der Waals surface area contributed by atoms with E-state index in [0.717, 1.165) is 5.56 Å². The predicted molar refractivity (Wildman–Crippen MR) is 74.4 cm³/mol. The summed E-state index contributed by atoms with van der Waals surface area (Å²) in [6.07, 6.45) is 3.13. The first-order valence-electron chi connectivity index (χ1n) is 5.75. The number of nitro benzene ring substituents is 1. The molecule has 3 N–H and O–H groups in total. The first-order chi connectivity index (χ1) is 9.49. The lowest BCUT2D eigenvalue weighted by Crippen LogP contribution is -2.15. The zero-order valence-electron chi connectivity index (χ0n) is 10.7. The number of amides is 1. The van der Waals surface area contributed by atoms with Crippen molar-refractivity contribution in [2.24, 2.45) is 0 Å². The highest BCUT2D eigenvalue weighted by atomic mass is 16.6. The highest BCUT2D eigenvalue weighted by Gasteiger charge is 2.19. The number of benzene rings is 1. The summed E-state index contributed by atoms with van der Waals surface area (Å²) in [4.78, 5) is 26.2. The molecule has 0 saturated heterocycles. The lowest BCUT2D eigenvalue weighted by molar-refractivity contribution is -0.383. The Balaban J connectivity index is 2.30. The van der Waals surface area contributed by atoms with Crippen molar-refractivity contribution in [1.82, 2.24) is 4.98 Å². The van der Waals surface area contributed by atoms with Gasteiger partial charge in [-0.1, -0.05) is 6.07 Å². The van der Waals surface area contributed by atoms with Gasteiger partial charge in [-0.3, -0.25) is 19.9 Å². The van der Waals surface area contributed by atoms with Crippen LogP contribution in [0.5, 0.6) is 0 Å². The Morgan fingerprint density at radius 3 is 2.80 bits per heavy atom. The third-order valence-corrected chi connectivity index (χ3v) is 2.66. The Kier molecular flexibility index (Phi) is 3.60. The fraction of sp³-hybridized carbons (Fsp3) is 0.0769. The maximum absolute atomic E-state index is 12.1. The van der Waals surface area contributed by atoms with E-state index in [1.165, 1.54) is 24.4 Å². The molecule has 0 atom stereocenters. The largest absolute Gasteiger partial charge is 0.393 e. The molecule has 102 valence electrons. The van der Waals surface area contributed by atoms with E-state index < -0.39 is 10.8 Å². The first kappa shape index (κ1) is 13.5. The monoisotopic (exact) mass is 272 g/mol. The lowest BCUT2D eigenvalue weighted by atomic mass is 10.1. The molecule has 0 radical (unpaired) electrons. The quantitative estimate of drug-likeness (QED) is 0.505. The second-order valence-corrected chi connectivity index (χ2v) is 4.20. The van der Waals surface area contributed by atoms with Gasteiger partial charge in [0.25, 0.3) is 11.6 Å². The summed E-state index contributed by atoms with van der Waals surface area (Å²) in [6, 6.07) is 5.83. The number of aromatic nitrogens is 1. The predicted octanol–water partition coefficient (Wildman–Crippen LogP) is 2.13. The van der Waals surface area contributed by atoms with E-state index in [1.54, 1.807) is 12.3 Å². The van der Waals surface area contributed by atoms with Gasteiger partial charge in [0.1, 0.15) is 5.69 Å². The van der Waals surface area contributed by atoms with Crippen LogP contribution in [0.25, 0.3) is 0 Å². The van der Waals surface area contributed by atoms with Gasteiger partial charge in [0.05, 0.1) is 22.4 Å². The van der Waals surface area contributed by atoms with Crippen molar-refractivity contribution in [1.29, 1.82) is 0 Å². The minimum Gasteiger partial charge on any atom is -0.393 e. The zero-order valence-corrected chi connectivity index (χ0v) is 10.7. The number of aryl methyl sites for hydroxylation is 1. The summed E-state index contributed by atoms with van der Waals surface area (Å²) in [5.74, 6) is -0.515. The molecule has 1 heterocycles. The molecular formula is C13H12N4O3. The highest BCUT2D eigenvalue weighted by molar-refractivity contribution is 6.08. The number of anilines is 2. The lowest BCUT2D eigenvalue weighted by Gasteiger charge is -2.07. The average molecular weight is 272 g/mol. The maximum atomic E-state index is 12.1. The molecule has 7 nitrogen and oxygen atoms in total. The number of nitrogens with zero attached hydrogens (tertiary/aromatic N) is 2. The Bertz CT molecular complexity index is 685. The first-order valence-corrected chi connectivity index (χ1v) is 5.75. The second kappa shape index (κ2) is 5.35. The van der Waals surface area contributed by atoms with Gasteiger partial charge in [0.2, 0.25) is 0 Å². The Hall–Kier alpha value is -2.96. The number of carbonyl (C=O) groups is 1. The fourth-order valence-electron chi connectivity index (χ4n) is 1.73. The van der Waals surface area contributed by atoms with E-state index in [4.69, 9.17) is 5.73 Å². The number of hydrogen-bond donors (Lipinski definition) is 2. The molecule has 1 aromatic heterocycles. The van der Waals surface area contributed by atoms with Crippen molar-refractivity contribution in [2.75, 3.05) is 11.1 Å². The normalized spacial score (nSPS) is 10.1. The molecule has 1 amide bonds. The van der Waals surface area contributed by atoms with Crippen molar-refractivity contribution in [3.05, 3.63) is 57.9 Å². The summed E-state index contributed by atoms with van der Waals surface area (Å²) in [5, 5.41) is 13.4. The third kappa shape index (κ3) is 2.72. The van der Waals surface area contributed by atoms with Crippen LogP contribution in [-0.2, 0) is 0 Å². The van der Waals surface area contributed by atoms with Gasteiger partial charge in [0.15, 0.2) is 0 Å². The summed E-state index contributed by atoms with van der Waals surface area (Å²) in [6.45, 7) is 1.84. The van der Waals surface area contributed by atoms with E-state index in [-0.39, 0.29) is 16.9 Å². The zero-order chi connectivity index (χ0) is 14.7. The molecule has 0 unspecified atom stereocenters. The number of nitrogens with two attached hydrogens (primary N) is 1. The third-order valence-electron chi connectivity index (χ3n) is 2.66. The maximum Gasteiger partial charge on any atom is 0.292 e. The van der Waals surface area contributed by atoms with Crippen LogP contribution < -0.4 is 11.1 Å². The Morgan fingerprint density at radius 1 is 1.40 bits per heavy atom. The van der Waals surface area contributed by atoms with Crippen LogP contribution in [0, 0.1) is 17.0 Å². The van der Waals surface area contributed by atoms with Crippen LogP contribution in [0.4, 0.5) is 17.1 Å². The Labute approximate surface area is 114 Å². The van der Waals surface area contributed by atoms with Crippen molar-refractivity contribution < 1.29 is 9.72 Å². The van der Waals surface area contributed by atoms with Crippen LogP contribution in [0.3, 0.4) is 0 Å². The van der Waals surface area contributed by atoms with Gasteiger partial charge in [-0.05, 0) is 24.6 Å². The van der Waals surface area contributed by atoms with E-state index in [9.17, 15) is 14.9 Å². The molecule has 7 heteroatoms. The topological polar surface area (TPSA) is 111 Å². The van der Waals surface area contributed by atoms with E-state index in [0.29, 0.717) is 5.69 Å². The summed E-state index contributed by atoms with van der Waals surface area (Å²) in [5.41, 5.74) is 6.64. The fourth-order valence-corrected chi connectivity index (χ4v) is 1.73. The van der Waals surface area contributed by atoms with Crippen molar-refractivity contribution in [3.8, 4) is 0 Å². The number of rotatable bonds is 3. The molecule has 0 aliphatic rings. The van der Waals surface area contributed by atoms with E-state index in [1.807, 2.05) is 6.92 Å². The molecule has 0 fully saturated rings. The molecule has 0 spiro atoms. The molecule has 1 aromatic carbocycles. The number of carbonyl (C=O) groups excluding carboxylic acids is 1. The molecule has 0 aliphatic heterocycles. The van der Waals surface area contributed by atoms with Crippen LogP contribution >= 0.6 is 0 Å². The number of pyridine rings is 1. The van der Waals surface area contributed by atoms with Crippen LogP contribution in [0.15, 0.2) is 36.7 Å². The minimum atomic E-state index is -0.625. The van der Waals surface area contributed by atoms with Crippen LogP contribution in [0.2, 0.25) is 0 Å². The highest BCUT2D eigenvalue weighted by Crippen LogP contribution is 2.25. The molecular weight excluding hydrogens is 260 g/mol. The van der Waals surface area contributed by atoms with Gasteiger partial charge >= 0.3 is 0 Å². The number of nitro groups is 1. The van der Waals surface area contributed by atoms with E-state index >= 15 is 0 Å². The second-order valence-electron chi connectivity index (χ2n) is 4.20. The Morgan fingerprint density at radius 2 is 2.15 bits per heavy atom. The minimum absolute atomic E-state index is 0.0562. The number of nitrogens with one attached hydrogen (secondary N) is 1. The summed E-state index contributed by atoms with van der Waals surface area (Å²) in [7, 11) is 0. The summed E-state index contributed by atoms with van der Waals surface area (Å²) >= 11 is 0. The van der Waals surface area contributed by atoms with Gasteiger partial charge in [0, 0.05) is 12.3 Å². The van der Waals surface area contributed by atoms with Gasteiger partial charge < -0.3 is 11.1 Å². The van der Waals surface area contributed by atoms with Gasteiger partial charge in [-0.25, -0.2) is 0 Å². The average Bonchev–Trinajstić information content (AvgIpc) is 2.38. The van der Waals surface area contributed by atoms with Gasteiger partial charge in [-0.15, -0.1) is 0 Å². The molecule has 20 heavy (non-hydrogen) atoms. The number of nitrogen functional groups attached to an aromatic ring is 1. The standard InChI is InChI=1S/C13H12N4O3/c1-8-5-9(7-15-6-8)16-13(18)10-3-2-4-11(12(10)14)17(19)20/h2-7H,14H2,1H3,(H,16,18). The molecule has 0 saturated carbocycles. The van der Waals surface area contributed by atoms with Crippen molar-refractivity contribution in [3.63, 3.8) is 0 Å². The van der Waals surface area contributed by atoms with E-state index in [2.05, 4.69) is 10.3 Å². The molecule has 0 aliphatic carbocycles. The SMILES string of the molecule is Cc1cncc(NC(=O)c2cccc([N+](=O)[O-])c2N)c1.